The van der Waals surface area contributed by atoms with Crippen LogP contribution in [-0.2, 0) is 99.2 Å². The van der Waals surface area contributed by atoms with Gasteiger partial charge in [0, 0.05) is 113 Å². The van der Waals surface area contributed by atoms with E-state index in [1.165, 1.54) is 11.8 Å². The first-order chi connectivity index (χ1) is 28.4. The second kappa shape index (κ2) is 54.0. The third-order valence-electron chi connectivity index (χ3n) is 6.23. The molecule has 4 nitrogen and oxygen atoms in total. The number of benzene rings is 5. The summed E-state index contributed by atoms with van der Waals surface area (Å²) >= 11 is 0. The second-order valence-corrected chi connectivity index (χ2v) is 9.96. The summed E-state index contributed by atoms with van der Waals surface area (Å²) in [6.07, 6.45) is 5.46. The molecule has 0 fully saturated rings. The molecule has 0 saturated heterocycles. The molecule has 0 spiro atoms. The number of hydrogen-bond donors (Lipinski definition) is 1. The van der Waals surface area contributed by atoms with E-state index in [1.807, 2.05) is 160 Å². The minimum absolute atomic E-state index is 0. The number of allylic oxidation sites excluding steroid dienone is 2. The van der Waals surface area contributed by atoms with E-state index in [0.717, 1.165) is 29.2 Å². The van der Waals surface area contributed by atoms with Crippen molar-refractivity contribution in [2.24, 2.45) is 0 Å². The van der Waals surface area contributed by atoms with Crippen LogP contribution in [-0.4, -0.2) is 47.3 Å². The molecule has 5 aromatic carbocycles. The maximum absolute atomic E-state index is 11.7. The Morgan fingerprint density at radius 3 is 1.30 bits per heavy atom. The summed E-state index contributed by atoms with van der Waals surface area (Å²) in [6, 6.07) is 50.4. The average Bonchev–Trinajstić information content (AvgIpc) is 3.31. The Hall–Kier alpha value is -3.01. The predicted molar refractivity (Wildman–Crippen MR) is 256 cm³/mol. The van der Waals surface area contributed by atoms with E-state index < -0.39 is 6.39 Å². The molecule has 0 aliphatic rings. The summed E-state index contributed by atoms with van der Waals surface area (Å²) in [5, 5.41) is 9.09. The van der Waals surface area contributed by atoms with Crippen molar-refractivity contribution in [1.29, 1.82) is 0 Å². The molecular weight excluding hydrogens is 886 g/mol. The van der Waals surface area contributed by atoms with Gasteiger partial charge >= 0.3 is 0 Å². The predicted octanol–water partition coefficient (Wildman–Crippen LogP) is 12.1. The first kappa shape index (κ1) is 68.7. The number of carbonyl (C=O) groups excluding carboxylic acids is 2. The molecule has 1 N–H and O–H groups in total. The van der Waals surface area contributed by atoms with Gasteiger partial charge in [-0.15, -0.1) is 77.9 Å². The molecule has 310 valence electrons. The van der Waals surface area contributed by atoms with Gasteiger partial charge in [-0.1, -0.05) is 173 Å². The van der Waals surface area contributed by atoms with Gasteiger partial charge in [0.2, 0.25) is 0 Å². The fourth-order valence-electron chi connectivity index (χ4n) is 3.95. The normalized spacial score (nSPS) is 8.95. The van der Waals surface area contributed by atoms with Gasteiger partial charge in [0.1, 0.15) is 6.61 Å². The van der Waals surface area contributed by atoms with Crippen LogP contribution in [0.2, 0.25) is 0 Å². The van der Waals surface area contributed by atoms with E-state index in [1.54, 1.807) is 24.3 Å². The molecule has 0 aromatic heterocycles. The molecule has 0 amide bonds. The molecule has 0 aliphatic heterocycles. The van der Waals surface area contributed by atoms with E-state index >= 15 is 0 Å². The van der Waals surface area contributed by atoms with Crippen LogP contribution >= 0.6 is 0 Å². The Morgan fingerprint density at radius 2 is 0.967 bits per heavy atom. The topological polar surface area (TPSA) is 63.6 Å². The monoisotopic (exact) mass is 950 g/mol. The fourth-order valence-corrected chi connectivity index (χ4v) is 3.95. The van der Waals surface area contributed by atoms with Crippen LogP contribution in [0, 0.1) is 12.1 Å². The van der Waals surface area contributed by atoms with E-state index in [2.05, 4.69) is 72.8 Å². The zero-order chi connectivity index (χ0) is 44.8. The molecule has 10 heteroatoms. The Balaban J connectivity index is -0.000000174. The van der Waals surface area contributed by atoms with Crippen molar-refractivity contribution >= 4 is 53.7 Å². The molecule has 0 atom stereocenters. The summed E-state index contributed by atoms with van der Waals surface area (Å²) in [5.41, 5.74) is 5.24. The second-order valence-electron chi connectivity index (χ2n) is 9.96. The minimum Gasteiger partial charge on any atom is -0.552 e. The largest absolute Gasteiger partial charge is 0.552 e. The van der Waals surface area contributed by atoms with Gasteiger partial charge < -0.3 is 19.4 Å². The molecule has 0 aliphatic carbocycles. The van der Waals surface area contributed by atoms with Crippen molar-refractivity contribution < 1.29 is 84.9 Å². The maximum atomic E-state index is 11.7. The number of rotatable bonds is 10. The molecule has 60 heavy (non-hydrogen) atoms. The van der Waals surface area contributed by atoms with Gasteiger partial charge in [0.05, 0.1) is 0 Å². The Kier molecular flexibility index (Phi) is 61.8. The number of aryl methyl sites for hydroxylation is 1. The Labute approximate surface area is 421 Å². The number of hydrogen-bond acceptors (Lipinski definition) is 4. The van der Waals surface area contributed by atoms with E-state index in [9.17, 15) is 9.59 Å². The van der Waals surface area contributed by atoms with Crippen LogP contribution in [0.25, 0.3) is 11.5 Å². The van der Waals surface area contributed by atoms with Gasteiger partial charge in [-0.3, -0.25) is 0 Å². The third kappa shape index (κ3) is 37.9. The summed E-state index contributed by atoms with van der Waals surface area (Å²) in [6.45, 7) is 22.5. The summed E-state index contributed by atoms with van der Waals surface area (Å²) in [5.74, 6) is 0.420. The zero-order valence-electron chi connectivity index (χ0n) is 38.1. The first-order valence-electron chi connectivity index (χ1n) is 20.2. The molecule has 0 bridgehead atoms. The number of aliphatic hydroxyl groups excluding tert-OH is 1. The van der Waals surface area contributed by atoms with Gasteiger partial charge in [-0.05, 0) is 35.8 Å². The fraction of sp³-hybridized carbons (Fsp3) is 0.280. The zero-order valence-corrected chi connectivity index (χ0v) is 43.8. The van der Waals surface area contributed by atoms with Crippen LogP contribution in [0.1, 0.15) is 104 Å². The third-order valence-corrected chi connectivity index (χ3v) is 6.23. The number of ether oxygens (including phenoxy) is 1. The Morgan fingerprint density at radius 1 is 0.600 bits per heavy atom. The summed E-state index contributed by atoms with van der Waals surface area (Å²) in [7, 11) is 14.0. The smallest absolute Gasteiger partial charge is 0.101 e. The van der Waals surface area contributed by atoms with Gasteiger partial charge in [-0.2, -0.15) is 0 Å². The first-order valence-corrected chi connectivity index (χ1v) is 20.2. The molecule has 5 aromatic rings. The van der Waals surface area contributed by atoms with Crippen LogP contribution in [0.4, 0.5) is 0 Å². The van der Waals surface area contributed by atoms with Crippen molar-refractivity contribution in [1.82, 2.24) is 0 Å². The van der Waals surface area contributed by atoms with Crippen LogP contribution in [0.3, 0.4) is 0 Å². The van der Waals surface area contributed by atoms with E-state index in [-0.39, 0.29) is 71.2 Å². The van der Waals surface area contributed by atoms with Crippen molar-refractivity contribution in [3.63, 3.8) is 0 Å². The van der Waals surface area contributed by atoms with Crippen molar-refractivity contribution in [3.05, 3.63) is 191 Å². The quantitative estimate of drug-likeness (QED) is 0.0656. The standard InChI is InChI=1S/C23H18O2.C9H6O2.C8H10.5C2H6.B4.2Y/c24-17-22(16-19-10-4-1-5-11-19)23(21-14-8-3-9-15-21)25-18-20-12-6-2-7-13-20;10-7-6-9(11)8-4-2-1-3-5-8;1-2-8-6-4-3-5-7-8;5*1-2;1-4(2)3;;/h1-14H,16,18H2;1-4,6,11H;3-7H,2H2,1H3;5*1-2H3;;;/q2*-2;;;;;;;;;. The summed E-state index contributed by atoms with van der Waals surface area (Å²) in [4.78, 5) is 21.5. The maximum Gasteiger partial charge on any atom is 0.101 e. The molecule has 8 radical (unpaired) electrons. The average molecular weight is 950 g/mol. The SMILES string of the molecule is CC.CC.CC.CC.CC.CCc1ccccc1.O=[C-]C(Cc1ccccc1)=C(OCc1ccccc1)c1[c-]cccc1.O=[C-]C=C(O)c1[c-]cccc1.[B]B([B])[B].[Y].[Y]. The molecule has 0 unspecified atom stereocenters. The van der Waals surface area contributed by atoms with Crippen LogP contribution < -0.4 is 0 Å². The van der Waals surface area contributed by atoms with Crippen LogP contribution in [0.5, 0.6) is 0 Å². The molecule has 0 saturated carbocycles. The van der Waals surface area contributed by atoms with E-state index in [4.69, 9.17) is 9.84 Å². The number of aliphatic hydroxyl groups is 1. The van der Waals surface area contributed by atoms with Gasteiger partial charge in [-0.25, -0.2) is 0 Å². The van der Waals surface area contributed by atoms with Crippen LogP contribution in [0.15, 0.2) is 151 Å². The van der Waals surface area contributed by atoms with Crippen molar-refractivity contribution in [2.75, 3.05) is 0 Å². The summed E-state index contributed by atoms with van der Waals surface area (Å²) < 4.78 is 6.03. The van der Waals surface area contributed by atoms with Crippen molar-refractivity contribution in [3.8, 4) is 0 Å². The van der Waals surface area contributed by atoms with E-state index in [0.29, 0.717) is 29.9 Å². The van der Waals surface area contributed by atoms with Crippen molar-refractivity contribution in [2.45, 2.75) is 95.6 Å². The van der Waals surface area contributed by atoms with Gasteiger partial charge in [0.15, 0.2) is 0 Å². The minimum atomic E-state index is -0.667. The van der Waals surface area contributed by atoms with Gasteiger partial charge in [0.25, 0.3) is 0 Å². The Bertz CT molecular complexity index is 1640. The molecule has 5 rings (SSSR count). The molecule has 0 heterocycles. The molecular formula is C50H64B4O4Y2-4.